The highest BCUT2D eigenvalue weighted by Crippen LogP contribution is 2.33. The van der Waals surface area contributed by atoms with Crippen LogP contribution < -0.4 is 4.74 Å². The molecule has 0 saturated heterocycles. The first kappa shape index (κ1) is 14.2. The minimum Gasteiger partial charge on any atom is -0.480 e. The van der Waals surface area contributed by atoms with E-state index in [9.17, 15) is 9.59 Å². The quantitative estimate of drug-likeness (QED) is 0.506. The van der Waals surface area contributed by atoms with Gasteiger partial charge in [-0.25, -0.2) is 0 Å². The summed E-state index contributed by atoms with van der Waals surface area (Å²) in [4.78, 5) is 20.5. The van der Waals surface area contributed by atoms with E-state index < -0.39 is 21.6 Å². The van der Waals surface area contributed by atoms with Crippen molar-refractivity contribution in [1.29, 1.82) is 0 Å². The number of benzene rings is 1. The average molecular weight is 366 g/mol. The molecule has 0 aliphatic heterocycles. The zero-order valence-electron chi connectivity index (χ0n) is 8.89. The number of halogens is 2. The first-order valence-corrected chi connectivity index (χ1v) is 6.54. The van der Waals surface area contributed by atoms with Crippen molar-refractivity contribution in [2.75, 3.05) is 0 Å². The lowest BCUT2D eigenvalue weighted by molar-refractivity contribution is -0.136. The Hall–Kier alpha value is -0.880. The van der Waals surface area contributed by atoms with Crippen LogP contribution in [0.4, 0.5) is 0 Å². The van der Waals surface area contributed by atoms with Crippen molar-refractivity contribution in [1.82, 2.24) is 0 Å². The Balaban J connectivity index is 2.91. The SMILES string of the molecule is CC(=O)Oc1cccc(C(Br)C(Br)C(=O)O)c1. The summed E-state index contributed by atoms with van der Waals surface area (Å²) in [5, 5.41) is 8.87. The molecule has 0 spiro atoms. The molecule has 1 aromatic carbocycles. The molecule has 0 amide bonds. The third-order valence-electron chi connectivity index (χ3n) is 1.93. The van der Waals surface area contributed by atoms with Crippen LogP contribution in [0.1, 0.15) is 17.3 Å². The maximum atomic E-state index is 10.8. The van der Waals surface area contributed by atoms with Crippen LogP contribution in [0.3, 0.4) is 0 Å². The van der Waals surface area contributed by atoms with E-state index in [0.717, 1.165) is 0 Å². The molecule has 0 saturated carbocycles. The van der Waals surface area contributed by atoms with Gasteiger partial charge in [0.1, 0.15) is 10.6 Å². The van der Waals surface area contributed by atoms with E-state index in [1.807, 2.05) is 0 Å². The van der Waals surface area contributed by atoms with E-state index >= 15 is 0 Å². The number of rotatable bonds is 4. The minimum absolute atomic E-state index is 0.393. The van der Waals surface area contributed by atoms with Gasteiger partial charge in [0.2, 0.25) is 0 Å². The van der Waals surface area contributed by atoms with Crippen LogP contribution in [0.25, 0.3) is 0 Å². The lowest BCUT2D eigenvalue weighted by Crippen LogP contribution is -2.18. The normalized spacial score (nSPS) is 13.8. The standard InChI is InChI=1S/C11H10Br2O4/c1-6(14)17-8-4-2-3-7(5-8)9(12)10(13)11(15)16/h2-5,9-10H,1H3,(H,15,16). The zero-order chi connectivity index (χ0) is 13.0. The molecular weight excluding hydrogens is 356 g/mol. The second-order valence-corrected chi connectivity index (χ2v) is 5.28. The van der Waals surface area contributed by atoms with Gasteiger partial charge in [0.05, 0.1) is 4.83 Å². The third kappa shape index (κ3) is 4.12. The summed E-state index contributed by atoms with van der Waals surface area (Å²) >= 11 is 6.35. The minimum atomic E-state index is -0.968. The van der Waals surface area contributed by atoms with Crippen molar-refractivity contribution in [2.45, 2.75) is 16.6 Å². The molecule has 0 aromatic heterocycles. The Kier molecular flexibility index (Phi) is 5.14. The first-order valence-electron chi connectivity index (χ1n) is 4.71. The van der Waals surface area contributed by atoms with Gasteiger partial charge < -0.3 is 9.84 Å². The maximum Gasteiger partial charge on any atom is 0.318 e. The van der Waals surface area contributed by atoms with Crippen molar-refractivity contribution in [3.63, 3.8) is 0 Å². The Morgan fingerprint density at radius 2 is 2.00 bits per heavy atom. The number of carbonyl (C=O) groups excluding carboxylic acids is 1. The van der Waals surface area contributed by atoms with Gasteiger partial charge in [-0.2, -0.15) is 0 Å². The van der Waals surface area contributed by atoms with E-state index in [4.69, 9.17) is 9.84 Å². The molecule has 2 unspecified atom stereocenters. The molecule has 0 heterocycles. The number of carboxylic acids is 1. The average Bonchev–Trinajstić information content (AvgIpc) is 2.26. The predicted molar refractivity (Wildman–Crippen MR) is 69.8 cm³/mol. The van der Waals surface area contributed by atoms with Gasteiger partial charge in [-0.15, -0.1) is 0 Å². The Bertz CT molecular complexity index is 433. The molecule has 4 nitrogen and oxygen atoms in total. The van der Waals surface area contributed by atoms with E-state index in [2.05, 4.69) is 31.9 Å². The molecule has 2 atom stereocenters. The summed E-state index contributed by atoms with van der Waals surface area (Å²) in [6, 6.07) is 6.71. The van der Waals surface area contributed by atoms with Crippen LogP contribution in [-0.4, -0.2) is 21.9 Å². The molecule has 6 heteroatoms. The van der Waals surface area contributed by atoms with Gasteiger partial charge >= 0.3 is 11.9 Å². The van der Waals surface area contributed by atoms with Gasteiger partial charge in [0, 0.05) is 6.92 Å². The number of alkyl halides is 2. The van der Waals surface area contributed by atoms with Crippen molar-refractivity contribution in [3.05, 3.63) is 29.8 Å². The zero-order valence-corrected chi connectivity index (χ0v) is 12.1. The maximum absolute atomic E-state index is 10.8. The topological polar surface area (TPSA) is 63.6 Å². The van der Waals surface area contributed by atoms with Crippen LogP contribution in [0.5, 0.6) is 5.75 Å². The summed E-state index contributed by atoms with van der Waals surface area (Å²) < 4.78 is 4.92. The summed E-state index contributed by atoms with van der Waals surface area (Å²) in [5.41, 5.74) is 0.716. The number of esters is 1. The van der Waals surface area contributed by atoms with Crippen LogP contribution in [0.2, 0.25) is 0 Å². The molecular formula is C11H10Br2O4. The van der Waals surface area contributed by atoms with Crippen LogP contribution >= 0.6 is 31.9 Å². The second-order valence-electron chi connectivity index (χ2n) is 3.31. The highest BCUT2D eigenvalue weighted by Gasteiger charge is 2.24. The number of hydrogen-bond donors (Lipinski definition) is 1. The van der Waals surface area contributed by atoms with Gasteiger partial charge in [0.25, 0.3) is 0 Å². The fourth-order valence-corrected chi connectivity index (χ4v) is 2.03. The Labute approximate surface area is 115 Å². The van der Waals surface area contributed by atoms with Crippen molar-refractivity contribution in [2.24, 2.45) is 0 Å². The molecule has 0 bridgehead atoms. The summed E-state index contributed by atoms with van der Waals surface area (Å²) in [6.45, 7) is 1.31. The van der Waals surface area contributed by atoms with Crippen molar-refractivity contribution in [3.8, 4) is 5.75 Å². The Morgan fingerprint density at radius 1 is 1.35 bits per heavy atom. The number of carbonyl (C=O) groups is 2. The van der Waals surface area contributed by atoms with Crippen LogP contribution in [0, 0.1) is 0 Å². The smallest absolute Gasteiger partial charge is 0.318 e. The van der Waals surface area contributed by atoms with E-state index in [1.54, 1.807) is 24.3 Å². The number of aliphatic carboxylic acids is 1. The summed E-state index contributed by atoms with van der Waals surface area (Å²) in [6.07, 6.45) is 0. The van der Waals surface area contributed by atoms with Crippen molar-refractivity contribution < 1.29 is 19.4 Å². The fourth-order valence-electron chi connectivity index (χ4n) is 1.21. The fraction of sp³-hybridized carbons (Fsp3) is 0.273. The Morgan fingerprint density at radius 3 is 2.53 bits per heavy atom. The number of carboxylic acid groups (broad SMARTS) is 1. The molecule has 0 radical (unpaired) electrons. The van der Waals surface area contributed by atoms with Gasteiger partial charge in [0.15, 0.2) is 0 Å². The molecule has 92 valence electrons. The van der Waals surface area contributed by atoms with Gasteiger partial charge in [-0.3, -0.25) is 9.59 Å². The molecule has 1 rings (SSSR count). The first-order chi connectivity index (χ1) is 7.91. The molecule has 1 N–H and O–H groups in total. The third-order valence-corrected chi connectivity index (χ3v) is 4.62. The molecule has 0 aliphatic carbocycles. The van der Waals surface area contributed by atoms with E-state index in [-0.39, 0.29) is 0 Å². The number of ether oxygens (including phenoxy) is 1. The molecule has 0 fully saturated rings. The van der Waals surface area contributed by atoms with E-state index in [0.29, 0.717) is 11.3 Å². The van der Waals surface area contributed by atoms with Crippen LogP contribution in [-0.2, 0) is 9.59 Å². The summed E-state index contributed by atoms with van der Waals surface area (Å²) in [5.74, 6) is -0.990. The molecule has 17 heavy (non-hydrogen) atoms. The highest BCUT2D eigenvalue weighted by molar-refractivity contribution is 9.12. The summed E-state index contributed by atoms with van der Waals surface area (Å²) in [7, 11) is 0. The van der Waals surface area contributed by atoms with Crippen molar-refractivity contribution >= 4 is 43.8 Å². The second kappa shape index (κ2) is 6.16. The largest absolute Gasteiger partial charge is 0.480 e. The van der Waals surface area contributed by atoms with Gasteiger partial charge in [-0.1, -0.05) is 44.0 Å². The van der Waals surface area contributed by atoms with Crippen LogP contribution in [0.15, 0.2) is 24.3 Å². The predicted octanol–water partition coefficient (Wildman–Crippen LogP) is 2.90. The molecule has 0 aliphatic rings. The lowest BCUT2D eigenvalue weighted by atomic mass is 10.1. The lowest BCUT2D eigenvalue weighted by Gasteiger charge is -2.14. The monoisotopic (exact) mass is 364 g/mol. The number of hydrogen-bond acceptors (Lipinski definition) is 3. The molecule has 1 aromatic rings. The van der Waals surface area contributed by atoms with Gasteiger partial charge in [-0.05, 0) is 17.7 Å². The highest BCUT2D eigenvalue weighted by atomic mass is 79.9. The van der Waals surface area contributed by atoms with E-state index in [1.165, 1.54) is 6.92 Å².